The minimum absolute atomic E-state index is 0.379. The first-order valence-corrected chi connectivity index (χ1v) is 7.41. The Bertz CT molecular complexity index is 472. The summed E-state index contributed by atoms with van der Waals surface area (Å²) in [6.07, 6.45) is 6.63. The number of rotatable bonds is 4. The number of nitrogens with zero attached hydrogens (tertiary/aromatic N) is 2. The van der Waals surface area contributed by atoms with Gasteiger partial charge in [0.2, 0.25) is 0 Å². The highest BCUT2D eigenvalue weighted by atomic mass is 32.1. The van der Waals surface area contributed by atoms with Crippen LogP contribution in [0.4, 0.5) is 5.82 Å². The third kappa shape index (κ3) is 3.08. The molecule has 0 amide bonds. The quantitative estimate of drug-likeness (QED) is 0.833. The van der Waals surface area contributed by atoms with Gasteiger partial charge in [-0.2, -0.15) is 5.10 Å². The van der Waals surface area contributed by atoms with E-state index in [0.29, 0.717) is 10.4 Å². The molecule has 1 heterocycles. The highest BCUT2D eigenvalue weighted by Gasteiger charge is 2.27. The van der Waals surface area contributed by atoms with Crippen LogP contribution < -0.4 is 11.1 Å². The summed E-state index contributed by atoms with van der Waals surface area (Å²) in [5.74, 6) is 0.955. The molecule has 0 aromatic carbocycles. The highest BCUT2D eigenvalue weighted by Crippen LogP contribution is 2.36. The zero-order valence-electron chi connectivity index (χ0n) is 12.1. The van der Waals surface area contributed by atoms with Crippen molar-refractivity contribution in [1.82, 2.24) is 9.78 Å². The summed E-state index contributed by atoms with van der Waals surface area (Å²) in [6.45, 7) is 5.27. The maximum Gasteiger partial charge on any atom is 0.134 e. The molecule has 0 radical (unpaired) electrons. The standard InChI is InChI=1S/C14H24N4S/c1-10-11(12(15)19)13(18(3)17-10)16-9-14(2)7-5-4-6-8-14/h16H,4-9H2,1-3H3,(H2,15,19). The third-order valence-corrected chi connectivity index (χ3v) is 4.42. The number of nitrogens with one attached hydrogen (secondary N) is 1. The van der Waals surface area contributed by atoms with E-state index >= 15 is 0 Å². The molecule has 19 heavy (non-hydrogen) atoms. The lowest BCUT2D eigenvalue weighted by atomic mass is 9.76. The molecule has 1 fully saturated rings. The van der Waals surface area contributed by atoms with Gasteiger partial charge in [0.05, 0.1) is 11.3 Å². The molecule has 5 heteroatoms. The summed E-state index contributed by atoms with van der Waals surface area (Å²) in [7, 11) is 1.93. The zero-order chi connectivity index (χ0) is 14.0. The molecule has 1 aliphatic rings. The average Bonchev–Trinajstić information content (AvgIpc) is 2.62. The first-order valence-electron chi connectivity index (χ1n) is 7.00. The number of aryl methyl sites for hydroxylation is 2. The van der Waals surface area contributed by atoms with Gasteiger partial charge in [0.1, 0.15) is 10.8 Å². The van der Waals surface area contributed by atoms with Crippen LogP contribution >= 0.6 is 12.2 Å². The van der Waals surface area contributed by atoms with Gasteiger partial charge in [-0.25, -0.2) is 0 Å². The SMILES string of the molecule is Cc1nn(C)c(NCC2(C)CCCCC2)c1C(N)=S. The lowest BCUT2D eigenvalue weighted by molar-refractivity contribution is 0.233. The minimum atomic E-state index is 0.379. The van der Waals surface area contributed by atoms with E-state index in [2.05, 4.69) is 17.3 Å². The molecule has 0 saturated heterocycles. The van der Waals surface area contributed by atoms with Crippen LogP contribution in [0.15, 0.2) is 0 Å². The molecular weight excluding hydrogens is 256 g/mol. The molecule has 106 valence electrons. The molecule has 1 aliphatic carbocycles. The Balaban J connectivity index is 2.13. The van der Waals surface area contributed by atoms with E-state index in [-0.39, 0.29) is 0 Å². The first-order chi connectivity index (χ1) is 8.93. The summed E-state index contributed by atoms with van der Waals surface area (Å²) >= 11 is 5.13. The number of hydrogen-bond donors (Lipinski definition) is 2. The van der Waals surface area contributed by atoms with Gasteiger partial charge in [-0.05, 0) is 25.2 Å². The van der Waals surface area contributed by atoms with Crippen molar-refractivity contribution >= 4 is 23.0 Å². The molecule has 1 aromatic rings. The Labute approximate surface area is 120 Å². The van der Waals surface area contributed by atoms with E-state index in [1.54, 1.807) is 0 Å². The third-order valence-electron chi connectivity index (χ3n) is 4.21. The monoisotopic (exact) mass is 280 g/mol. The molecule has 0 bridgehead atoms. The maximum atomic E-state index is 5.81. The van der Waals surface area contributed by atoms with Crippen molar-refractivity contribution < 1.29 is 0 Å². The lowest BCUT2D eigenvalue weighted by Gasteiger charge is -2.34. The number of aromatic nitrogens is 2. The predicted octanol–water partition coefficient (Wildman–Crippen LogP) is 2.75. The molecule has 0 aliphatic heterocycles. The Morgan fingerprint density at radius 3 is 2.63 bits per heavy atom. The summed E-state index contributed by atoms with van der Waals surface area (Å²) in [4.78, 5) is 0.418. The molecular formula is C14H24N4S. The first kappa shape index (κ1) is 14.3. The number of hydrogen-bond acceptors (Lipinski definition) is 3. The smallest absolute Gasteiger partial charge is 0.134 e. The minimum Gasteiger partial charge on any atom is -0.389 e. The lowest BCUT2D eigenvalue weighted by Crippen LogP contribution is -2.30. The molecule has 0 atom stereocenters. The fourth-order valence-electron chi connectivity index (χ4n) is 3.04. The molecule has 0 unspecified atom stereocenters. The van der Waals surface area contributed by atoms with Gasteiger partial charge in [-0.3, -0.25) is 4.68 Å². The normalized spacial score (nSPS) is 18.3. The largest absolute Gasteiger partial charge is 0.389 e. The van der Waals surface area contributed by atoms with Crippen LogP contribution in [0.25, 0.3) is 0 Å². The van der Waals surface area contributed by atoms with E-state index < -0.39 is 0 Å². The van der Waals surface area contributed by atoms with Gasteiger partial charge < -0.3 is 11.1 Å². The summed E-state index contributed by atoms with van der Waals surface area (Å²) in [6, 6.07) is 0. The Morgan fingerprint density at radius 2 is 2.05 bits per heavy atom. The predicted molar refractivity (Wildman–Crippen MR) is 83.5 cm³/mol. The van der Waals surface area contributed by atoms with Crippen molar-refractivity contribution in [2.75, 3.05) is 11.9 Å². The molecule has 4 nitrogen and oxygen atoms in total. The second kappa shape index (κ2) is 5.49. The molecule has 3 N–H and O–H groups in total. The number of anilines is 1. The van der Waals surface area contributed by atoms with Crippen molar-refractivity contribution in [2.45, 2.75) is 46.0 Å². The van der Waals surface area contributed by atoms with Crippen LogP contribution in [0.3, 0.4) is 0 Å². The number of thiocarbonyl (C=S) groups is 1. The van der Waals surface area contributed by atoms with Gasteiger partial charge in [-0.1, -0.05) is 38.4 Å². The number of nitrogens with two attached hydrogens (primary N) is 1. The zero-order valence-corrected chi connectivity index (χ0v) is 12.9. The summed E-state index contributed by atoms with van der Waals surface area (Å²) in [5, 5.41) is 7.93. The Hall–Kier alpha value is -1.10. The average molecular weight is 280 g/mol. The second-order valence-electron chi connectivity index (χ2n) is 6.02. The molecule has 1 saturated carbocycles. The van der Waals surface area contributed by atoms with E-state index in [9.17, 15) is 0 Å². The van der Waals surface area contributed by atoms with Crippen LogP contribution in [0.2, 0.25) is 0 Å². The van der Waals surface area contributed by atoms with Gasteiger partial charge >= 0.3 is 0 Å². The van der Waals surface area contributed by atoms with Crippen molar-refractivity contribution in [2.24, 2.45) is 18.2 Å². The topological polar surface area (TPSA) is 55.9 Å². The van der Waals surface area contributed by atoms with E-state index in [0.717, 1.165) is 23.6 Å². The highest BCUT2D eigenvalue weighted by molar-refractivity contribution is 7.80. The fourth-order valence-corrected chi connectivity index (χ4v) is 3.28. The van der Waals surface area contributed by atoms with Crippen molar-refractivity contribution in [3.05, 3.63) is 11.3 Å². The van der Waals surface area contributed by atoms with Gasteiger partial charge in [0.25, 0.3) is 0 Å². The Morgan fingerprint density at radius 1 is 1.42 bits per heavy atom. The fraction of sp³-hybridized carbons (Fsp3) is 0.714. The van der Waals surface area contributed by atoms with Gasteiger partial charge in [0, 0.05) is 13.6 Å². The van der Waals surface area contributed by atoms with Crippen LogP contribution in [0, 0.1) is 12.3 Å². The van der Waals surface area contributed by atoms with Crippen LogP contribution in [0.5, 0.6) is 0 Å². The molecule has 2 rings (SSSR count). The Kier molecular flexibility index (Phi) is 4.13. The van der Waals surface area contributed by atoms with Crippen LogP contribution in [-0.4, -0.2) is 21.3 Å². The summed E-state index contributed by atoms with van der Waals surface area (Å²) in [5.41, 5.74) is 7.97. The van der Waals surface area contributed by atoms with E-state index in [4.69, 9.17) is 18.0 Å². The molecule has 1 aromatic heterocycles. The second-order valence-corrected chi connectivity index (χ2v) is 6.46. The van der Waals surface area contributed by atoms with Crippen molar-refractivity contribution in [3.63, 3.8) is 0 Å². The van der Waals surface area contributed by atoms with Crippen molar-refractivity contribution in [3.8, 4) is 0 Å². The van der Waals surface area contributed by atoms with Crippen molar-refractivity contribution in [1.29, 1.82) is 0 Å². The van der Waals surface area contributed by atoms with Crippen LogP contribution in [-0.2, 0) is 7.05 Å². The van der Waals surface area contributed by atoms with E-state index in [1.165, 1.54) is 32.1 Å². The van der Waals surface area contributed by atoms with E-state index in [1.807, 2.05) is 18.7 Å². The van der Waals surface area contributed by atoms with Crippen LogP contribution in [0.1, 0.15) is 50.3 Å². The molecule has 0 spiro atoms. The summed E-state index contributed by atoms with van der Waals surface area (Å²) < 4.78 is 1.84. The van der Waals surface area contributed by atoms with Gasteiger partial charge in [-0.15, -0.1) is 0 Å². The van der Waals surface area contributed by atoms with Gasteiger partial charge in [0.15, 0.2) is 0 Å². The maximum absolute atomic E-state index is 5.81.